The number of carbonyl (C=O) groups excluding carboxylic acids is 1. The third-order valence-corrected chi connectivity index (χ3v) is 3.67. The van der Waals surface area contributed by atoms with E-state index in [-0.39, 0.29) is 5.91 Å². The zero-order chi connectivity index (χ0) is 15.9. The van der Waals surface area contributed by atoms with Crippen LogP contribution in [0.5, 0.6) is 0 Å². The number of fused-ring (bicyclic) bond motifs is 1. The minimum Gasteiger partial charge on any atom is -0.480 e. The van der Waals surface area contributed by atoms with E-state index >= 15 is 0 Å². The van der Waals surface area contributed by atoms with Gasteiger partial charge in [0.05, 0.1) is 0 Å². The molecule has 22 heavy (non-hydrogen) atoms. The summed E-state index contributed by atoms with van der Waals surface area (Å²) >= 11 is 0. The number of aryl methyl sites for hydroxylation is 1. The number of rotatable bonds is 7. The molecule has 0 aliphatic carbocycles. The van der Waals surface area contributed by atoms with E-state index in [0.717, 1.165) is 17.4 Å². The van der Waals surface area contributed by atoms with Gasteiger partial charge in [-0.15, -0.1) is 0 Å². The molecule has 2 N–H and O–H groups in total. The van der Waals surface area contributed by atoms with Gasteiger partial charge in [0.1, 0.15) is 6.04 Å². The number of carboxylic acids is 1. The zero-order valence-corrected chi connectivity index (χ0v) is 12.7. The zero-order valence-electron chi connectivity index (χ0n) is 12.7. The smallest absolute Gasteiger partial charge is 0.326 e. The van der Waals surface area contributed by atoms with Gasteiger partial charge in [0.25, 0.3) is 0 Å². The summed E-state index contributed by atoms with van der Waals surface area (Å²) in [5.74, 6) is -1.19. The predicted octanol–water partition coefficient (Wildman–Crippen LogP) is 3.14. The van der Waals surface area contributed by atoms with Crippen molar-refractivity contribution >= 4 is 22.6 Å². The van der Waals surface area contributed by atoms with Gasteiger partial charge in [-0.1, -0.05) is 55.8 Å². The maximum atomic E-state index is 11.9. The average Bonchev–Trinajstić information content (AvgIpc) is 2.52. The van der Waals surface area contributed by atoms with E-state index in [0.29, 0.717) is 19.3 Å². The quantitative estimate of drug-likeness (QED) is 0.825. The molecule has 2 rings (SSSR count). The number of carboxylic acid groups (broad SMARTS) is 1. The second-order valence-corrected chi connectivity index (χ2v) is 5.43. The van der Waals surface area contributed by atoms with Crippen LogP contribution in [0.3, 0.4) is 0 Å². The summed E-state index contributed by atoms with van der Waals surface area (Å²) < 4.78 is 0. The lowest BCUT2D eigenvalue weighted by Crippen LogP contribution is -2.40. The van der Waals surface area contributed by atoms with Gasteiger partial charge in [-0.2, -0.15) is 0 Å². The van der Waals surface area contributed by atoms with Crippen LogP contribution in [-0.2, 0) is 16.0 Å². The first-order valence-electron chi connectivity index (χ1n) is 7.60. The topological polar surface area (TPSA) is 66.4 Å². The number of hydrogen-bond acceptors (Lipinski definition) is 2. The Morgan fingerprint density at radius 2 is 1.86 bits per heavy atom. The third kappa shape index (κ3) is 4.32. The van der Waals surface area contributed by atoms with E-state index in [4.69, 9.17) is 5.11 Å². The van der Waals surface area contributed by atoms with Crippen LogP contribution in [0, 0.1) is 0 Å². The lowest BCUT2D eigenvalue weighted by Gasteiger charge is -2.13. The van der Waals surface area contributed by atoms with Gasteiger partial charge in [0.15, 0.2) is 0 Å². The normalized spacial score (nSPS) is 12.0. The summed E-state index contributed by atoms with van der Waals surface area (Å²) in [4.78, 5) is 22.9. The van der Waals surface area contributed by atoms with E-state index < -0.39 is 12.0 Å². The highest BCUT2D eigenvalue weighted by Crippen LogP contribution is 2.16. The molecule has 0 fully saturated rings. The van der Waals surface area contributed by atoms with Crippen molar-refractivity contribution in [3.63, 3.8) is 0 Å². The van der Waals surface area contributed by atoms with Crippen molar-refractivity contribution in [2.75, 3.05) is 0 Å². The molecule has 2 aromatic carbocycles. The first-order chi connectivity index (χ1) is 10.6. The van der Waals surface area contributed by atoms with Crippen molar-refractivity contribution in [1.82, 2.24) is 5.32 Å². The standard InChI is InChI=1S/C18H21NO3/c1-2-5-16(18(21)22)19-17(20)11-9-13-8-10-14-6-3-4-7-15(14)12-13/h3-4,6-8,10,12,16H,2,5,9,11H2,1H3,(H,19,20)(H,21,22). The van der Waals surface area contributed by atoms with Crippen molar-refractivity contribution in [2.24, 2.45) is 0 Å². The maximum absolute atomic E-state index is 11.9. The third-order valence-electron chi connectivity index (χ3n) is 3.67. The predicted molar refractivity (Wildman–Crippen MR) is 86.7 cm³/mol. The average molecular weight is 299 g/mol. The van der Waals surface area contributed by atoms with Crippen LogP contribution in [0.4, 0.5) is 0 Å². The van der Waals surface area contributed by atoms with Crippen molar-refractivity contribution in [1.29, 1.82) is 0 Å². The molecule has 0 saturated heterocycles. The molecule has 0 heterocycles. The van der Waals surface area contributed by atoms with Crippen LogP contribution >= 0.6 is 0 Å². The van der Waals surface area contributed by atoms with Gasteiger partial charge >= 0.3 is 5.97 Å². The summed E-state index contributed by atoms with van der Waals surface area (Å²) in [5, 5.41) is 13.9. The molecule has 0 aromatic heterocycles. The summed E-state index contributed by atoms with van der Waals surface area (Å²) in [6.07, 6.45) is 2.08. The van der Waals surface area contributed by atoms with Crippen LogP contribution in [-0.4, -0.2) is 23.0 Å². The van der Waals surface area contributed by atoms with E-state index in [1.54, 1.807) is 0 Å². The molecule has 1 unspecified atom stereocenters. The molecule has 0 spiro atoms. The minimum atomic E-state index is -0.971. The second-order valence-electron chi connectivity index (χ2n) is 5.43. The minimum absolute atomic E-state index is 0.214. The van der Waals surface area contributed by atoms with Gasteiger partial charge in [0.2, 0.25) is 5.91 Å². The Hall–Kier alpha value is -2.36. The van der Waals surface area contributed by atoms with Crippen molar-refractivity contribution < 1.29 is 14.7 Å². The molecule has 0 saturated carbocycles. The molecule has 116 valence electrons. The summed E-state index contributed by atoms with van der Waals surface area (Å²) in [6, 6.07) is 13.4. The first kappa shape index (κ1) is 16.0. The molecular formula is C18H21NO3. The molecule has 1 amide bonds. The van der Waals surface area contributed by atoms with Crippen molar-refractivity contribution in [3.8, 4) is 0 Å². The number of aliphatic carboxylic acids is 1. The fourth-order valence-electron chi connectivity index (χ4n) is 2.46. The lowest BCUT2D eigenvalue weighted by atomic mass is 10.0. The van der Waals surface area contributed by atoms with Crippen LogP contribution in [0.2, 0.25) is 0 Å². The summed E-state index contributed by atoms with van der Waals surface area (Å²) in [5.41, 5.74) is 1.08. The monoisotopic (exact) mass is 299 g/mol. The van der Waals surface area contributed by atoms with Crippen LogP contribution in [0.1, 0.15) is 31.7 Å². The number of amides is 1. The van der Waals surface area contributed by atoms with Gasteiger partial charge in [-0.3, -0.25) is 4.79 Å². The van der Waals surface area contributed by atoms with Crippen LogP contribution < -0.4 is 5.32 Å². The van der Waals surface area contributed by atoms with Crippen LogP contribution in [0.15, 0.2) is 42.5 Å². The maximum Gasteiger partial charge on any atom is 0.326 e. The Morgan fingerprint density at radius 1 is 1.14 bits per heavy atom. The molecule has 2 aromatic rings. The highest BCUT2D eigenvalue weighted by Gasteiger charge is 2.18. The van der Waals surface area contributed by atoms with Gasteiger partial charge < -0.3 is 10.4 Å². The highest BCUT2D eigenvalue weighted by molar-refractivity contribution is 5.84. The SMILES string of the molecule is CCCC(NC(=O)CCc1ccc2ccccc2c1)C(=O)O. The summed E-state index contributed by atoms with van der Waals surface area (Å²) in [7, 11) is 0. The Bertz CT molecular complexity index is 666. The largest absolute Gasteiger partial charge is 0.480 e. The number of hydrogen-bond donors (Lipinski definition) is 2. The Morgan fingerprint density at radius 3 is 2.55 bits per heavy atom. The summed E-state index contributed by atoms with van der Waals surface area (Å²) in [6.45, 7) is 1.90. The van der Waals surface area contributed by atoms with E-state index in [1.165, 1.54) is 5.39 Å². The van der Waals surface area contributed by atoms with Crippen molar-refractivity contribution in [2.45, 2.75) is 38.6 Å². The Balaban J connectivity index is 1.93. The lowest BCUT2D eigenvalue weighted by molar-refractivity contribution is -0.142. The van der Waals surface area contributed by atoms with E-state index in [2.05, 4.69) is 11.4 Å². The fraction of sp³-hybridized carbons (Fsp3) is 0.333. The fourth-order valence-corrected chi connectivity index (χ4v) is 2.46. The van der Waals surface area contributed by atoms with Gasteiger partial charge in [-0.05, 0) is 29.2 Å². The second kappa shape index (κ2) is 7.59. The molecule has 0 aliphatic heterocycles. The molecular weight excluding hydrogens is 278 g/mol. The Kier molecular flexibility index (Phi) is 5.53. The van der Waals surface area contributed by atoms with Crippen LogP contribution in [0.25, 0.3) is 10.8 Å². The van der Waals surface area contributed by atoms with Gasteiger partial charge in [-0.25, -0.2) is 4.79 Å². The van der Waals surface area contributed by atoms with Crippen molar-refractivity contribution in [3.05, 3.63) is 48.0 Å². The Labute approximate surface area is 130 Å². The number of nitrogens with one attached hydrogen (secondary N) is 1. The molecule has 4 nitrogen and oxygen atoms in total. The molecule has 4 heteroatoms. The number of benzene rings is 2. The molecule has 0 bridgehead atoms. The first-order valence-corrected chi connectivity index (χ1v) is 7.60. The van der Waals surface area contributed by atoms with E-state index in [9.17, 15) is 9.59 Å². The number of carbonyl (C=O) groups is 2. The van der Waals surface area contributed by atoms with Gasteiger partial charge in [0, 0.05) is 6.42 Å². The molecule has 0 aliphatic rings. The van der Waals surface area contributed by atoms with E-state index in [1.807, 2.05) is 43.3 Å². The molecule has 0 radical (unpaired) electrons. The highest BCUT2D eigenvalue weighted by atomic mass is 16.4. The molecule has 1 atom stereocenters.